The first-order chi connectivity index (χ1) is 13.1. The van der Waals surface area contributed by atoms with E-state index in [0.717, 1.165) is 24.3 Å². The highest BCUT2D eigenvalue weighted by atomic mass is 32.1. The molecule has 138 valence electrons. The van der Waals surface area contributed by atoms with E-state index in [2.05, 4.69) is 20.3 Å². The molecule has 0 radical (unpaired) electrons. The van der Waals surface area contributed by atoms with Crippen LogP contribution in [-0.4, -0.2) is 45.2 Å². The summed E-state index contributed by atoms with van der Waals surface area (Å²) in [5.74, 6) is -0.121. The molecule has 1 amide bonds. The number of pyridine rings is 2. The Morgan fingerprint density at radius 2 is 2.07 bits per heavy atom. The number of aromatic nitrogens is 3. The molecule has 0 unspecified atom stereocenters. The van der Waals surface area contributed by atoms with E-state index in [1.54, 1.807) is 6.20 Å². The maximum Gasteiger partial charge on any atom is 0.267 e. The third kappa shape index (κ3) is 3.93. The molecule has 27 heavy (non-hydrogen) atoms. The number of rotatable bonds is 4. The molecule has 3 aromatic heterocycles. The number of thiazole rings is 1. The number of aliphatic hydroxyl groups is 1. The molecule has 4 heterocycles. The van der Waals surface area contributed by atoms with Crippen molar-refractivity contribution >= 4 is 28.7 Å². The summed E-state index contributed by atoms with van der Waals surface area (Å²) < 4.78 is 12.8. The molecule has 1 aliphatic heterocycles. The summed E-state index contributed by atoms with van der Waals surface area (Å²) in [6.07, 6.45) is 4.91. The van der Waals surface area contributed by atoms with Crippen LogP contribution in [0.15, 0.2) is 42.9 Å². The molecule has 9 heteroatoms. The van der Waals surface area contributed by atoms with Gasteiger partial charge in [-0.05, 0) is 30.7 Å². The molecule has 1 aliphatic rings. The van der Waals surface area contributed by atoms with Gasteiger partial charge in [0.15, 0.2) is 0 Å². The fourth-order valence-electron chi connectivity index (χ4n) is 2.80. The molecule has 1 saturated heterocycles. The summed E-state index contributed by atoms with van der Waals surface area (Å²) in [5, 5.41) is 13.0. The van der Waals surface area contributed by atoms with Crippen LogP contribution >= 0.6 is 11.3 Å². The van der Waals surface area contributed by atoms with E-state index in [1.807, 2.05) is 17.0 Å². The van der Waals surface area contributed by atoms with Crippen LogP contribution in [0.2, 0.25) is 0 Å². The van der Waals surface area contributed by atoms with Gasteiger partial charge in [-0.15, -0.1) is 11.3 Å². The van der Waals surface area contributed by atoms with E-state index >= 15 is 0 Å². The van der Waals surface area contributed by atoms with Crippen molar-refractivity contribution in [2.75, 3.05) is 23.3 Å². The van der Waals surface area contributed by atoms with Crippen molar-refractivity contribution in [3.63, 3.8) is 0 Å². The van der Waals surface area contributed by atoms with E-state index in [4.69, 9.17) is 0 Å². The number of carbonyl (C=O) groups is 1. The van der Waals surface area contributed by atoms with Crippen molar-refractivity contribution in [1.82, 2.24) is 15.0 Å². The minimum atomic E-state index is -0.604. The van der Waals surface area contributed by atoms with Crippen LogP contribution in [0.1, 0.15) is 16.1 Å². The van der Waals surface area contributed by atoms with Crippen molar-refractivity contribution in [2.24, 2.45) is 0 Å². The Bertz CT molecular complexity index is 945. The number of hydrogen-bond donors (Lipinski definition) is 2. The topological polar surface area (TPSA) is 91.2 Å². The summed E-state index contributed by atoms with van der Waals surface area (Å²) in [6, 6.07) is 6.41. The molecule has 7 nitrogen and oxygen atoms in total. The van der Waals surface area contributed by atoms with Crippen molar-refractivity contribution in [3.8, 4) is 10.6 Å². The number of β-amino-alcohol motifs (C(OH)–C–C–N with tert-alkyl or cyclic N) is 1. The number of nitrogens with one attached hydrogen (secondary N) is 1. The van der Waals surface area contributed by atoms with Gasteiger partial charge in [-0.1, -0.05) is 0 Å². The summed E-state index contributed by atoms with van der Waals surface area (Å²) in [6.45, 7) is 1.37. The monoisotopic (exact) mass is 385 g/mol. The zero-order valence-corrected chi connectivity index (χ0v) is 15.0. The zero-order valence-electron chi connectivity index (χ0n) is 14.2. The quantitative estimate of drug-likeness (QED) is 0.671. The van der Waals surface area contributed by atoms with Gasteiger partial charge in [0.05, 0.1) is 24.2 Å². The highest BCUT2D eigenvalue weighted by Crippen LogP contribution is 2.27. The highest BCUT2D eigenvalue weighted by molar-refractivity contribution is 7.17. The second-order valence-corrected chi connectivity index (χ2v) is 7.18. The van der Waals surface area contributed by atoms with Gasteiger partial charge in [-0.3, -0.25) is 4.79 Å². The van der Waals surface area contributed by atoms with Crippen LogP contribution in [0.25, 0.3) is 10.6 Å². The van der Waals surface area contributed by atoms with Crippen molar-refractivity contribution in [2.45, 2.75) is 12.5 Å². The first-order valence-corrected chi connectivity index (χ1v) is 9.18. The number of carbonyl (C=O) groups excluding carboxylic acids is 1. The standard InChI is InChI=1S/C18H16FN5O2S/c19-15-3-2-12(8-20-15)23-17(26)14-9-22-18(27-14)11-1-4-16(21-7-11)24-6-5-13(25)10-24/h1-4,7-9,13,25H,5-6,10H2,(H,23,26)/t13-/m0/s1. The molecule has 0 spiro atoms. The molecule has 0 aromatic carbocycles. The maximum absolute atomic E-state index is 12.8. The first kappa shape index (κ1) is 17.5. The zero-order chi connectivity index (χ0) is 18.8. The van der Waals surface area contributed by atoms with Gasteiger partial charge in [0.1, 0.15) is 15.7 Å². The molecule has 3 aromatic rings. The van der Waals surface area contributed by atoms with Crippen molar-refractivity contribution < 1.29 is 14.3 Å². The minimum Gasteiger partial charge on any atom is -0.391 e. The summed E-state index contributed by atoms with van der Waals surface area (Å²) in [5.41, 5.74) is 1.22. The fourth-order valence-corrected chi connectivity index (χ4v) is 3.61. The van der Waals surface area contributed by atoms with Gasteiger partial charge < -0.3 is 15.3 Å². The van der Waals surface area contributed by atoms with E-state index in [9.17, 15) is 14.3 Å². The van der Waals surface area contributed by atoms with E-state index in [-0.39, 0.29) is 12.0 Å². The summed E-state index contributed by atoms with van der Waals surface area (Å²) in [7, 11) is 0. The SMILES string of the molecule is O=C(Nc1ccc(F)nc1)c1cnc(-c2ccc(N3CC[C@H](O)C3)nc2)s1. The average Bonchev–Trinajstić information content (AvgIpc) is 3.33. The normalized spacial score (nSPS) is 16.5. The Labute approximate surface area is 158 Å². The smallest absolute Gasteiger partial charge is 0.267 e. The number of anilines is 2. The Morgan fingerprint density at radius 1 is 1.19 bits per heavy atom. The number of hydrogen-bond acceptors (Lipinski definition) is 7. The lowest BCUT2D eigenvalue weighted by Gasteiger charge is -2.16. The number of halogens is 1. The van der Waals surface area contributed by atoms with Gasteiger partial charge in [-0.2, -0.15) is 4.39 Å². The molecule has 4 rings (SSSR count). The third-order valence-corrected chi connectivity index (χ3v) is 5.24. The predicted octanol–water partition coefficient (Wildman–Crippen LogP) is 2.56. The molecule has 1 atom stereocenters. The lowest BCUT2D eigenvalue weighted by molar-refractivity contribution is 0.103. The number of nitrogens with zero attached hydrogens (tertiary/aromatic N) is 4. The summed E-state index contributed by atoms with van der Waals surface area (Å²) >= 11 is 1.24. The molecule has 0 saturated carbocycles. The van der Waals surface area contributed by atoms with Crippen molar-refractivity contribution in [3.05, 3.63) is 53.7 Å². The van der Waals surface area contributed by atoms with Crippen LogP contribution in [-0.2, 0) is 0 Å². The molecule has 2 N–H and O–H groups in total. The van der Waals surface area contributed by atoms with Gasteiger partial charge in [0, 0.05) is 24.8 Å². The largest absolute Gasteiger partial charge is 0.391 e. The fraction of sp³-hybridized carbons (Fsp3) is 0.222. The van der Waals surface area contributed by atoms with Crippen LogP contribution in [0, 0.1) is 5.95 Å². The molecule has 1 fully saturated rings. The van der Waals surface area contributed by atoms with Crippen molar-refractivity contribution in [1.29, 1.82) is 0 Å². The van der Waals surface area contributed by atoms with E-state index in [1.165, 1.54) is 35.9 Å². The predicted molar refractivity (Wildman–Crippen MR) is 100 cm³/mol. The second-order valence-electron chi connectivity index (χ2n) is 6.15. The average molecular weight is 385 g/mol. The minimum absolute atomic E-state index is 0.303. The van der Waals surface area contributed by atoms with Crippen LogP contribution in [0.5, 0.6) is 0 Å². The van der Waals surface area contributed by atoms with Crippen LogP contribution in [0.3, 0.4) is 0 Å². The Kier molecular flexibility index (Phi) is 4.78. The maximum atomic E-state index is 12.8. The van der Waals surface area contributed by atoms with Gasteiger partial charge in [0.2, 0.25) is 5.95 Å². The molecular formula is C18H16FN5O2S. The first-order valence-electron chi connectivity index (χ1n) is 8.36. The summed E-state index contributed by atoms with van der Waals surface area (Å²) in [4.78, 5) is 27.0. The highest BCUT2D eigenvalue weighted by Gasteiger charge is 2.21. The Morgan fingerprint density at radius 3 is 2.74 bits per heavy atom. The van der Waals surface area contributed by atoms with Crippen LogP contribution in [0.4, 0.5) is 15.9 Å². The second kappa shape index (κ2) is 7.37. The molecule has 0 bridgehead atoms. The van der Waals surface area contributed by atoms with Crippen LogP contribution < -0.4 is 10.2 Å². The van der Waals surface area contributed by atoms with Gasteiger partial charge in [0.25, 0.3) is 5.91 Å². The lowest BCUT2D eigenvalue weighted by Crippen LogP contribution is -2.21. The van der Waals surface area contributed by atoms with E-state index in [0.29, 0.717) is 22.1 Å². The third-order valence-electron chi connectivity index (χ3n) is 4.20. The number of amides is 1. The molecule has 0 aliphatic carbocycles. The number of aliphatic hydroxyl groups excluding tert-OH is 1. The van der Waals surface area contributed by atoms with Gasteiger partial charge in [-0.25, -0.2) is 15.0 Å². The lowest BCUT2D eigenvalue weighted by atomic mass is 10.3. The molecular weight excluding hydrogens is 369 g/mol. The van der Waals surface area contributed by atoms with Gasteiger partial charge >= 0.3 is 0 Å². The Balaban J connectivity index is 1.45. The van der Waals surface area contributed by atoms with E-state index < -0.39 is 5.95 Å². The Hall–Kier alpha value is -2.91.